The Morgan fingerprint density at radius 3 is 2.22 bits per heavy atom. The zero-order valence-corrected chi connectivity index (χ0v) is 24.1. The number of amides is 1. The van der Waals surface area contributed by atoms with E-state index in [1.54, 1.807) is 30.3 Å². The molecule has 0 aliphatic carbocycles. The summed E-state index contributed by atoms with van der Waals surface area (Å²) in [5, 5.41) is 2.75. The summed E-state index contributed by atoms with van der Waals surface area (Å²) in [4.78, 5) is 12.8. The van der Waals surface area contributed by atoms with Crippen molar-refractivity contribution in [2.45, 2.75) is 38.0 Å². The molecule has 0 aliphatic heterocycles. The fourth-order valence-electron chi connectivity index (χ4n) is 3.56. The molecule has 0 heterocycles. The molecule has 0 fully saturated rings. The number of hydrogen-bond donors (Lipinski definition) is 1. The van der Waals surface area contributed by atoms with Crippen LogP contribution in [0.4, 0.5) is 5.69 Å². The van der Waals surface area contributed by atoms with Crippen LogP contribution in [0, 0.1) is 6.92 Å². The van der Waals surface area contributed by atoms with Crippen molar-refractivity contribution in [1.29, 1.82) is 0 Å². The second-order valence-corrected chi connectivity index (χ2v) is 12.3. The van der Waals surface area contributed by atoms with Crippen LogP contribution in [0.15, 0.2) is 76.1 Å². The van der Waals surface area contributed by atoms with E-state index in [1.807, 2.05) is 31.2 Å². The van der Waals surface area contributed by atoms with E-state index in [4.69, 9.17) is 9.47 Å². The molecule has 0 radical (unpaired) electrons. The molecule has 198 valence electrons. The van der Waals surface area contributed by atoms with E-state index in [2.05, 4.69) is 42.0 Å². The number of carbonyl (C=O) groups excluding carboxylic acids is 1. The minimum absolute atomic E-state index is 0.0376. The Balaban J connectivity index is 1.69. The van der Waals surface area contributed by atoms with Crippen molar-refractivity contribution >= 4 is 37.5 Å². The van der Waals surface area contributed by atoms with Crippen molar-refractivity contribution in [2.24, 2.45) is 0 Å². The van der Waals surface area contributed by atoms with E-state index >= 15 is 0 Å². The number of ether oxygens (including phenoxy) is 2. The average molecular weight is 590 g/mol. The second-order valence-electron chi connectivity index (χ2n) is 9.62. The highest BCUT2D eigenvalue weighted by Crippen LogP contribution is 2.31. The highest BCUT2D eigenvalue weighted by atomic mass is 79.9. The molecular weight excluding hydrogens is 556 g/mol. The smallest absolute Gasteiger partial charge is 0.264 e. The molecule has 9 heteroatoms. The van der Waals surface area contributed by atoms with Gasteiger partial charge in [0.2, 0.25) is 5.91 Å². The van der Waals surface area contributed by atoms with Crippen LogP contribution in [0.25, 0.3) is 0 Å². The number of nitrogens with zero attached hydrogens (tertiary/aromatic N) is 1. The zero-order valence-electron chi connectivity index (χ0n) is 21.7. The predicted octanol–water partition coefficient (Wildman–Crippen LogP) is 5.45. The van der Waals surface area contributed by atoms with Gasteiger partial charge in [0.25, 0.3) is 10.0 Å². The third-order valence-electron chi connectivity index (χ3n) is 5.73. The summed E-state index contributed by atoms with van der Waals surface area (Å²) in [6.45, 7) is 8.45. The van der Waals surface area contributed by atoms with Gasteiger partial charge in [-0.15, -0.1) is 0 Å². The minimum atomic E-state index is -4.04. The first-order valence-electron chi connectivity index (χ1n) is 11.8. The lowest BCUT2D eigenvalue weighted by Crippen LogP contribution is -2.41. The standard InChI is InChI=1S/C28H33BrN2O5S/c1-20-6-10-22(11-7-20)31(37(33,34)24-14-15-26(35-5)25(29)18-24)19-27(32)30-16-17-36-23-12-8-21(9-13-23)28(2,3)4/h6-15,18H,16-17,19H2,1-5H3,(H,30,32). The highest BCUT2D eigenvalue weighted by molar-refractivity contribution is 9.10. The van der Waals surface area contributed by atoms with Gasteiger partial charge in [-0.1, -0.05) is 50.6 Å². The molecule has 0 unspecified atom stereocenters. The van der Waals surface area contributed by atoms with Gasteiger partial charge in [-0.2, -0.15) is 0 Å². The van der Waals surface area contributed by atoms with E-state index in [1.165, 1.54) is 24.8 Å². The number of anilines is 1. The van der Waals surface area contributed by atoms with Crippen LogP contribution in [-0.2, 0) is 20.2 Å². The maximum absolute atomic E-state index is 13.6. The summed E-state index contributed by atoms with van der Waals surface area (Å²) in [5.74, 6) is 0.770. The normalized spacial score (nSPS) is 11.6. The number of rotatable bonds is 10. The number of nitrogens with one attached hydrogen (secondary N) is 1. The first kappa shape index (κ1) is 28.5. The van der Waals surface area contributed by atoms with Crippen LogP contribution in [0.5, 0.6) is 11.5 Å². The Bertz CT molecular complexity index is 1320. The first-order valence-corrected chi connectivity index (χ1v) is 14.1. The lowest BCUT2D eigenvalue weighted by Gasteiger charge is -2.24. The number of carbonyl (C=O) groups is 1. The molecule has 0 saturated heterocycles. The highest BCUT2D eigenvalue weighted by Gasteiger charge is 2.28. The molecule has 0 aliphatic rings. The van der Waals surface area contributed by atoms with Crippen LogP contribution in [0.2, 0.25) is 0 Å². The SMILES string of the molecule is COc1ccc(S(=O)(=O)N(CC(=O)NCCOc2ccc(C(C)(C)C)cc2)c2ccc(C)cc2)cc1Br. The van der Waals surface area contributed by atoms with Gasteiger partial charge in [-0.3, -0.25) is 9.10 Å². The van der Waals surface area contributed by atoms with Gasteiger partial charge >= 0.3 is 0 Å². The van der Waals surface area contributed by atoms with Crippen LogP contribution in [0.1, 0.15) is 31.9 Å². The quantitative estimate of drug-likeness (QED) is 0.318. The number of hydrogen-bond acceptors (Lipinski definition) is 5. The van der Waals surface area contributed by atoms with Gasteiger partial charge < -0.3 is 14.8 Å². The summed E-state index contributed by atoms with van der Waals surface area (Å²) < 4.78 is 39.7. The number of halogens is 1. The van der Waals surface area contributed by atoms with Crippen molar-refractivity contribution in [2.75, 3.05) is 31.1 Å². The largest absolute Gasteiger partial charge is 0.496 e. The maximum atomic E-state index is 13.6. The molecule has 3 aromatic carbocycles. The summed E-state index contributed by atoms with van der Waals surface area (Å²) in [6.07, 6.45) is 0. The van der Waals surface area contributed by atoms with Crippen LogP contribution < -0.4 is 19.1 Å². The van der Waals surface area contributed by atoms with Gasteiger partial charge in [-0.05, 0) is 76.3 Å². The van der Waals surface area contributed by atoms with Gasteiger partial charge in [0.1, 0.15) is 24.7 Å². The summed E-state index contributed by atoms with van der Waals surface area (Å²) in [7, 11) is -2.54. The van der Waals surface area contributed by atoms with Crippen molar-refractivity contribution in [3.8, 4) is 11.5 Å². The topological polar surface area (TPSA) is 84.9 Å². The fourth-order valence-corrected chi connectivity index (χ4v) is 5.70. The number of methoxy groups -OCH3 is 1. The number of benzene rings is 3. The molecule has 0 saturated carbocycles. The Hall–Kier alpha value is -3.04. The van der Waals surface area contributed by atoms with Gasteiger partial charge in [-0.25, -0.2) is 8.42 Å². The van der Waals surface area contributed by atoms with E-state index in [0.717, 1.165) is 9.87 Å². The Morgan fingerprint density at radius 1 is 1.00 bits per heavy atom. The average Bonchev–Trinajstić information content (AvgIpc) is 2.85. The van der Waals surface area contributed by atoms with Crippen molar-refractivity contribution in [3.05, 3.63) is 82.3 Å². The lowest BCUT2D eigenvalue weighted by molar-refractivity contribution is -0.119. The first-order chi connectivity index (χ1) is 17.4. The van der Waals surface area contributed by atoms with Gasteiger partial charge in [0.15, 0.2) is 0 Å². The Morgan fingerprint density at radius 2 is 1.65 bits per heavy atom. The summed E-state index contributed by atoms with van der Waals surface area (Å²) >= 11 is 3.34. The van der Waals surface area contributed by atoms with E-state index in [0.29, 0.717) is 21.7 Å². The van der Waals surface area contributed by atoms with E-state index in [9.17, 15) is 13.2 Å². The number of sulfonamides is 1. The molecule has 3 aromatic rings. The van der Waals surface area contributed by atoms with Crippen LogP contribution in [0.3, 0.4) is 0 Å². The molecule has 37 heavy (non-hydrogen) atoms. The lowest BCUT2D eigenvalue weighted by atomic mass is 9.87. The Kier molecular flexibility index (Phi) is 9.26. The van der Waals surface area contributed by atoms with Gasteiger partial charge in [0.05, 0.1) is 28.7 Å². The molecule has 0 spiro atoms. The van der Waals surface area contributed by atoms with Crippen LogP contribution >= 0.6 is 15.9 Å². The van der Waals surface area contributed by atoms with E-state index < -0.39 is 15.9 Å². The van der Waals surface area contributed by atoms with Crippen LogP contribution in [-0.4, -0.2) is 41.1 Å². The van der Waals surface area contributed by atoms with Crippen molar-refractivity contribution in [1.82, 2.24) is 5.32 Å². The summed E-state index contributed by atoms with van der Waals surface area (Å²) in [5.41, 5.74) is 2.63. The zero-order chi connectivity index (χ0) is 27.2. The minimum Gasteiger partial charge on any atom is -0.496 e. The summed E-state index contributed by atoms with van der Waals surface area (Å²) in [6, 6.07) is 19.3. The molecule has 0 aromatic heterocycles. The number of aryl methyl sites for hydroxylation is 1. The van der Waals surface area contributed by atoms with Crippen molar-refractivity contribution in [3.63, 3.8) is 0 Å². The fraction of sp³-hybridized carbons (Fsp3) is 0.321. The molecule has 1 N–H and O–H groups in total. The Labute approximate surface area is 228 Å². The van der Waals surface area contributed by atoms with E-state index in [-0.39, 0.29) is 30.0 Å². The third kappa shape index (κ3) is 7.49. The maximum Gasteiger partial charge on any atom is 0.264 e. The van der Waals surface area contributed by atoms with Gasteiger partial charge in [0, 0.05) is 0 Å². The molecular formula is C28H33BrN2O5S. The monoisotopic (exact) mass is 588 g/mol. The third-order valence-corrected chi connectivity index (χ3v) is 8.12. The molecule has 0 bridgehead atoms. The van der Waals surface area contributed by atoms with Crippen molar-refractivity contribution < 1.29 is 22.7 Å². The molecule has 3 rings (SSSR count). The molecule has 1 amide bonds. The predicted molar refractivity (Wildman–Crippen MR) is 150 cm³/mol. The molecule has 7 nitrogen and oxygen atoms in total. The molecule has 0 atom stereocenters. The second kappa shape index (κ2) is 12.0.